The lowest BCUT2D eigenvalue weighted by Crippen LogP contribution is -2.22. The van der Waals surface area contributed by atoms with Gasteiger partial charge in [0.2, 0.25) is 0 Å². The standard InChI is InChI=1S/C14H9BrCl2FNO/c15-10-6-9(2-3-11(10)16)14(20)19-7-8-1-4-13(18)12(17)5-8/h1-6H,7H2,(H,19,20). The molecular weight excluding hydrogens is 368 g/mol. The quantitative estimate of drug-likeness (QED) is 0.816. The zero-order chi connectivity index (χ0) is 14.7. The van der Waals surface area contributed by atoms with Crippen molar-refractivity contribution in [2.75, 3.05) is 0 Å². The Labute approximate surface area is 134 Å². The van der Waals surface area contributed by atoms with Gasteiger partial charge in [-0.3, -0.25) is 4.79 Å². The monoisotopic (exact) mass is 375 g/mol. The second kappa shape index (κ2) is 6.57. The van der Waals surface area contributed by atoms with E-state index >= 15 is 0 Å². The van der Waals surface area contributed by atoms with E-state index in [0.717, 1.165) is 5.56 Å². The lowest BCUT2D eigenvalue weighted by molar-refractivity contribution is 0.0951. The highest BCUT2D eigenvalue weighted by atomic mass is 79.9. The zero-order valence-electron chi connectivity index (χ0n) is 10.1. The fourth-order valence-electron chi connectivity index (χ4n) is 1.57. The zero-order valence-corrected chi connectivity index (χ0v) is 13.2. The largest absolute Gasteiger partial charge is 0.348 e. The van der Waals surface area contributed by atoms with Gasteiger partial charge in [-0.1, -0.05) is 29.3 Å². The molecule has 0 unspecified atom stereocenters. The van der Waals surface area contributed by atoms with E-state index in [1.54, 1.807) is 24.3 Å². The van der Waals surface area contributed by atoms with Crippen molar-refractivity contribution >= 4 is 45.0 Å². The molecule has 0 aliphatic carbocycles. The molecule has 2 rings (SSSR count). The summed E-state index contributed by atoms with van der Waals surface area (Å²) in [5, 5.41) is 3.29. The molecule has 20 heavy (non-hydrogen) atoms. The second-order valence-corrected chi connectivity index (χ2v) is 5.73. The molecule has 0 fully saturated rings. The first-order valence-corrected chi connectivity index (χ1v) is 7.19. The van der Waals surface area contributed by atoms with Crippen molar-refractivity contribution in [1.29, 1.82) is 0 Å². The van der Waals surface area contributed by atoms with Crippen LogP contribution in [-0.2, 0) is 6.54 Å². The summed E-state index contributed by atoms with van der Waals surface area (Å²) in [6, 6.07) is 9.21. The van der Waals surface area contributed by atoms with Crippen molar-refractivity contribution in [2.24, 2.45) is 0 Å². The number of carbonyl (C=O) groups is 1. The van der Waals surface area contributed by atoms with Crippen LogP contribution in [0.3, 0.4) is 0 Å². The normalized spacial score (nSPS) is 10.4. The van der Waals surface area contributed by atoms with E-state index in [0.29, 0.717) is 15.1 Å². The van der Waals surface area contributed by atoms with Crippen molar-refractivity contribution in [3.8, 4) is 0 Å². The first kappa shape index (κ1) is 15.3. The van der Waals surface area contributed by atoms with Gasteiger partial charge in [0.25, 0.3) is 5.91 Å². The Morgan fingerprint density at radius 1 is 1.15 bits per heavy atom. The Morgan fingerprint density at radius 2 is 1.90 bits per heavy atom. The van der Waals surface area contributed by atoms with Crippen molar-refractivity contribution in [3.63, 3.8) is 0 Å². The highest BCUT2D eigenvalue weighted by molar-refractivity contribution is 9.10. The van der Waals surface area contributed by atoms with Crippen LogP contribution in [0.4, 0.5) is 4.39 Å². The van der Waals surface area contributed by atoms with Gasteiger partial charge in [0.15, 0.2) is 0 Å². The van der Waals surface area contributed by atoms with E-state index in [9.17, 15) is 9.18 Å². The van der Waals surface area contributed by atoms with Gasteiger partial charge in [-0.25, -0.2) is 4.39 Å². The van der Waals surface area contributed by atoms with Gasteiger partial charge in [0.05, 0.1) is 10.0 Å². The average Bonchev–Trinajstić information content (AvgIpc) is 2.43. The van der Waals surface area contributed by atoms with E-state index in [-0.39, 0.29) is 17.5 Å². The number of rotatable bonds is 3. The van der Waals surface area contributed by atoms with Crippen LogP contribution in [0.15, 0.2) is 40.9 Å². The van der Waals surface area contributed by atoms with Crippen molar-refractivity contribution in [2.45, 2.75) is 6.54 Å². The molecular formula is C14H9BrCl2FNO. The number of hydrogen-bond acceptors (Lipinski definition) is 1. The molecule has 0 bridgehead atoms. The van der Waals surface area contributed by atoms with Gasteiger partial charge in [-0.05, 0) is 51.8 Å². The molecule has 1 N–H and O–H groups in total. The highest BCUT2D eigenvalue weighted by Crippen LogP contribution is 2.23. The fourth-order valence-corrected chi connectivity index (χ4v) is 2.27. The average molecular weight is 377 g/mol. The SMILES string of the molecule is O=C(NCc1ccc(F)c(Cl)c1)c1ccc(Cl)c(Br)c1. The van der Waals surface area contributed by atoms with Gasteiger partial charge >= 0.3 is 0 Å². The lowest BCUT2D eigenvalue weighted by atomic mass is 10.2. The van der Waals surface area contributed by atoms with Gasteiger partial charge in [0, 0.05) is 16.6 Å². The Hall–Kier alpha value is -1.10. The number of halogens is 4. The van der Waals surface area contributed by atoms with Crippen molar-refractivity contribution in [1.82, 2.24) is 5.32 Å². The summed E-state index contributed by atoms with van der Waals surface area (Å²) >= 11 is 14.8. The first-order chi connectivity index (χ1) is 9.47. The Balaban J connectivity index is 2.04. The van der Waals surface area contributed by atoms with Crippen LogP contribution in [0.1, 0.15) is 15.9 Å². The van der Waals surface area contributed by atoms with E-state index in [1.165, 1.54) is 12.1 Å². The molecule has 0 aromatic heterocycles. The van der Waals surface area contributed by atoms with E-state index in [4.69, 9.17) is 23.2 Å². The predicted octanol–water partition coefficient (Wildman–Crippen LogP) is 4.83. The van der Waals surface area contributed by atoms with Crippen LogP contribution in [0, 0.1) is 5.82 Å². The molecule has 0 spiro atoms. The fraction of sp³-hybridized carbons (Fsp3) is 0.0714. The molecule has 2 aromatic rings. The number of amides is 1. The number of benzene rings is 2. The molecule has 1 amide bonds. The van der Waals surface area contributed by atoms with Crippen LogP contribution in [-0.4, -0.2) is 5.91 Å². The van der Waals surface area contributed by atoms with Gasteiger partial charge in [-0.15, -0.1) is 0 Å². The lowest BCUT2D eigenvalue weighted by Gasteiger charge is -2.07. The molecule has 0 radical (unpaired) electrons. The molecule has 0 saturated carbocycles. The van der Waals surface area contributed by atoms with Crippen LogP contribution >= 0.6 is 39.1 Å². The minimum absolute atomic E-state index is 0.0333. The van der Waals surface area contributed by atoms with E-state index < -0.39 is 5.82 Å². The summed E-state index contributed by atoms with van der Waals surface area (Å²) in [6.07, 6.45) is 0. The molecule has 0 aliphatic rings. The Morgan fingerprint density at radius 3 is 2.55 bits per heavy atom. The summed E-state index contributed by atoms with van der Waals surface area (Å²) < 4.78 is 13.7. The summed E-state index contributed by atoms with van der Waals surface area (Å²) in [5.74, 6) is -0.730. The van der Waals surface area contributed by atoms with Gasteiger partial charge in [0.1, 0.15) is 5.82 Å². The van der Waals surface area contributed by atoms with Crippen LogP contribution in [0.25, 0.3) is 0 Å². The second-order valence-electron chi connectivity index (χ2n) is 4.06. The summed E-state index contributed by atoms with van der Waals surface area (Å²) in [5.41, 5.74) is 1.20. The third kappa shape index (κ3) is 3.72. The maximum absolute atomic E-state index is 13.0. The van der Waals surface area contributed by atoms with Crippen LogP contribution < -0.4 is 5.32 Å². The molecule has 0 saturated heterocycles. The third-order valence-electron chi connectivity index (χ3n) is 2.62. The molecule has 2 aromatic carbocycles. The van der Waals surface area contributed by atoms with E-state index in [2.05, 4.69) is 21.2 Å². The highest BCUT2D eigenvalue weighted by Gasteiger charge is 2.08. The smallest absolute Gasteiger partial charge is 0.251 e. The predicted molar refractivity (Wildman–Crippen MR) is 81.7 cm³/mol. The topological polar surface area (TPSA) is 29.1 Å². The number of carbonyl (C=O) groups excluding carboxylic acids is 1. The van der Waals surface area contributed by atoms with Gasteiger partial charge < -0.3 is 5.32 Å². The number of hydrogen-bond donors (Lipinski definition) is 1. The maximum atomic E-state index is 13.0. The minimum Gasteiger partial charge on any atom is -0.348 e. The van der Waals surface area contributed by atoms with Gasteiger partial charge in [-0.2, -0.15) is 0 Å². The third-order valence-corrected chi connectivity index (χ3v) is 4.12. The van der Waals surface area contributed by atoms with Crippen LogP contribution in [0.2, 0.25) is 10.0 Å². The Bertz CT molecular complexity index is 664. The summed E-state index contributed by atoms with van der Waals surface area (Å²) in [4.78, 5) is 12.0. The molecule has 2 nitrogen and oxygen atoms in total. The van der Waals surface area contributed by atoms with E-state index in [1.807, 2.05) is 0 Å². The molecule has 104 valence electrons. The summed E-state index contributed by atoms with van der Waals surface area (Å²) in [7, 11) is 0. The minimum atomic E-state index is -0.483. The Kier molecular flexibility index (Phi) is 5.02. The molecule has 6 heteroatoms. The summed E-state index contributed by atoms with van der Waals surface area (Å²) in [6.45, 7) is 0.263. The first-order valence-electron chi connectivity index (χ1n) is 5.64. The molecule has 0 atom stereocenters. The number of nitrogens with one attached hydrogen (secondary N) is 1. The van der Waals surface area contributed by atoms with Crippen molar-refractivity contribution < 1.29 is 9.18 Å². The van der Waals surface area contributed by atoms with Crippen LogP contribution in [0.5, 0.6) is 0 Å². The maximum Gasteiger partial charge on any atom is 0.251 e. The molecule has 0 heterocycles. The van der Waals surface area contributed by atoms with Crippen molar-refractivity contribution in [3.05, 3.63) is 67.9 Å². The molecule has 0 aliphatic heterocycles.